The van der Waals surface area contributed by atoms with Gasteiger partial charge in [-0.25, -0.2) is 0 Å². The molecular weight excluding hydrogens is 290 g/mol. The van der Waals surface area contributed by atoms with Gasteiger partial charge >= 0.3 is 0 Å². The van der Waals surface area contributed by atoms with Crippen molar-refractivity contribution in [2.45, 2.75) is 25.3 Å². The number of carbonyl (C=O) groups is 1. The first-order valence-corrected chi connectivity index (χ1v) is 8.04. The molecule has 6 heteroatoms. The molecule has 1 amide bonds. The van der Waals surface area contributed by atoms with Crippen LogP contribution in [0.15, 0.2) is 30.7 Å². The molecule has 23 heavy (non-hydrogen) atoms. The van der Waals surface area contributed by atoms with Crippen LogP contribution in [0.3, 0.4) is 0 Å². The van der Waals surface area contributed by atoms with Crippen molar-refractivity contribution in [1.82, 2.24) is 25.0 Å². The maximum absolute atomic E-state index is 12.5. The van der Waals surface area contributed by atoms with Crippen LogP contribution in [0, 0.1) is 0 Å². The Morgan fingerprint density at radius 3 is 2.87 bits per heavy atom. The molecule has 1 saturated heterocycles. The van der Waals surface area contributed by atoms with Crippen molar-refractivity contribution in [2.75, 3.05) is 27.2 Å². The molecule has 2 aromatic heterocycles. The molecule has 0 spiro atoms. The smallest absolute Gasteiger partial charge is 0.237 e. The van der Waals surface area contributed by atoms with Crippen molar-refractivity contribution in [3.8, 4) is 11.3 Å². The summed E-state index contributed by atoms with van der Waals surface area (Å²) in [7, 11) is 3.86. The van der Waals surface area contributed by atoms with Crippen molar-refractivity contribution >= 4 is 5.91 Å². The van der Waals surface area contributed by atoms with Crippen LogP contribution < -0.4 is 0 Å². The molecule has 1 N–H and O–H groups in total. The van der Waals surface area contributed by atoms with E-state index in [1.54, 1.807) is 6.20 Å². The third-order valence-electron chi connectivity index (χ3n) is 4.24. The molecule has 1 aliphatic heterocycles. The van der Waals surface area contributed by atoms with E-state index in [1.165, 1.54) is 0 Å². The van der Waals surface area contributed by atoms with Gasteiger partial charge in [-0.05, 0) is 45.0 Å². The Morgan fingerprint density at radius 1 is 1.35 bits per heavy atom. The minimum atomic E-state index is 0.141. The predicted molar refractivity (Wildman–Crippen MR) is 88.7 cm³/mol. The SMILES string of the molecule is CN(C)CC(=O)N1CCCCC1c1ccc(-c2cn[nH]c2)nc1. The molecule has 0 bridgehead atoms. The molecule has 3 heterocycles. The fourth-order valence-electron chi connectivity index (χ4n) is 3.10. The van der Waals surface area contributed by atoms with Crippen molar-refractivity contribution in [3.05, 3.63) is 36.3 Å². The molecular formula is C17H23N5O. The number of aromatic nitrogens is 3. The minimum absolute atomic E-state index is 0.141. The highest BCUT2D eigenvalue weighted by Crippen LogP contribution is 2.31. The Balaban J connectivity index is 1.79. The number of piperidine rings is 1. The van der Waals surface area contributed by atoms with Gasteiger partial charge in [0.2, 0.25) is 5.91 Å². The van der Waals surface area contributed by atoms with Gasteiger partial charge in [-0.2, -0.15) is 5.10 Å². The first kappa shape index (κ1) is 15.7. The number of likely N-dealkylation sites (N-methyl/N-ethyl adjacent to an activating group) is 1. The topological polar surface area (TPSA) is 65.1 Å². The molecule has 3 rings (SSSR count). The summed E-state index contributed by atoms with van der Waals surface area (Å²) in [6.45, 7) is 1.29. The van der Waals surface area contributed by atoms with E-state index in [1.807, 2.05) is 42.4 Å². The normalized spacial score (nSPS) is 18.4. The summed E-state index contributed by atoms with van der Waals surface area (Å²) in [4.78, 5) is 21.0. The minimum Gasteiger partial charge on any atom is -0.334 e. The summed E-state index contributed by atoms with van der Waals surface area (Å²) < 4.78 is 0. The van der Waals surface area contributed by atoms with E-state index in [4.69, 9.17) is 0 Å². The quantitative estimate of drug-likeness (QED) is 0.938. The van der Waals surface area contributed by atoms with Gasteiger partial charge in [0.05, 0.1) is 24.5 Å². The molecule has 0 saturated carbocycles. The molecule has 122 valence electrons. The lowest BCUT2D eigenvalue weighted by Gasteiger charge is -2.36. The van der Waals surface area contributed by atoms with Crippen LogP contribution in [0.25, 0.3) is 11.3 Å². The third-order valence-corrected chi connectivity index (χ3v) is 4.24. The number of nitrogens with one attached hydrogen (secondary N) is 1. The van der Waals surface area contributed by atoms with E-state index < -0.39 is 0 Å². The summed E-state index contributed by atoms with van der Waals surface area (Å²) in [5.74, 6) is 0.193. The van der Waals surface area contributed by atoms with E-state index in [2.05, 4.69) is 21.2 Å². The number of amides is 1. The van der Waals surface area contributed by atoms with E-state index in [-0.39, 0.29) is 11.9 Å². The van der Waals surface area contributed by atoms with Gasteiger partial charge in [-0.15, -0.1) is 0 Å². The zero-order valence-electron chi connectivity index (χ0n) is 13.7. The Morgan fingerprint density at radius 2 is 2.22 bits per heavy atom. The zero-order valence-corrected chi connectivity index (χ0v) is 13.7. The van der Waals surface area contributed by atoms with Gasteiger partial charge in [0.25, 0.3) is 0 Å². The molecule has 0 aromatic carbocycles. The number of rotatable bonds is 4. The fourth-order valence-corrected chi connectivity index (χ4v) is 3.10. The summed E-state index contributed by atoms with van der Waals surface area (Å²) in [5.41, 5.74) is 2.98. The lowest BCUT2D eigenvalue weighted by Crippen LogP contribution is -2.42. The first-order chi connectivity index (χ1) is 11.1. The molecule has 2 aromatic rings. The Labute approximate surface area is 136 Å². The van der Waals surface area contributed by atoms with Crippen LogP contribution in [-0.2, 0) is 4.79 Å². The molecule has 1 aliphatic rings. The van der Waals surface area contributed by atoms with E-state index in [0.29, 0.717) is 6.54 Å². The molecule has 1 unspecified atom stereocenters. The molecule has 0 radical (unpaired) electrons. The van der Waals surface area contributed by atoms with Crippen LogP contribution in [0.5, 0.6) is 0 Å². The third kappa shape index (κ3) is 3.59. The second kappa shape index (κ2) is 6.91. The highest BCUT2D eigenvalue weighted by Gasteiger charge is 2.28. The Hall–Kier alpha value is -2.21. The molecule has 1 fully saturated rings. The highest BCUT2D eigenvalue weighted by atomic mass is 16.2. The van der Waals surface area contributed by atoms with Crippen LogP contribution in [0.1, 0.15) is 30.9 Å². The highest BCUT2D eigenvalue weighted by molar-refractivity contribution is 5.78. The summed E-state index contributed by atoms with van der Waals surface area (Å²) >= 11 is 0. The van der Waals surface area contributed by atoms with Gasteiger partial charge in [0.15, 0.2) is 0 Å². The largest absolute Gasteiger partial charge is 0.334 e. The van der Waals surface area contributed by atoms with Gasteiger partial charge in [-0.1, -0.05) is 6.07 Å². The number of hydrogen-bond acceptors (Lipinski definition) is 4. The zero-order chi connectivity index (χ0) is 16.2. The number of hydrogen-bond donors (Lipinski definition) is 1. The second-order valence-electron chi connectivity index (χ2n) is 6.30. The number of carbonyl (C=O) groups excluding carboxylic acids is 1. The van der Waals surface area contributed by atoms with Crippen molar-refractivity contribution in [3.63, 3.8) is 0 Å². The number of aromatic amines is 1. The Bertz CT molecular complexity index is 636. The fraction of sp³-hybridized carbons (Fsp3) is 0.471. The van der Waals surface area contributed by atoms with Crippen LogP contribution in [0.2, 0.25) is 0 Å². The van der Waals surface area contributed by atoms with Gasteiger partial charge in [0.1, 0.15) is 0 Å². The van der Waals surface area contributed by atoms with Gasteiger partial charge in [0, 0.05) is 24.5 Å². The van der Waals surface area contributed by atoms with Crippen LogP contribution in [-0.4, -0.2) is 58.1 Å². The standard InChI is InChI=1S/C17H23N5O/c1-21(2)12-17(23)22-8-4-3-5-16(22)13-6-7-15(18-9-13)14-10-19-20-11-14/h6-7,9-11,16H,3-5,8,12H2,1-2H3,(H,19,20). The summed E-state index contributed by atoms with van der Waals surface area (Å²) in [5, 5.41) is 6.75. The van der Waals surface area contributed by atoms with E-state index in [0.717, 1.165) is 42.6 Å². The second-order valence-corrected chi connectivity index (χ2v) is 6.30. The average Bonchev–Trinajstić information content (AvgIpc) is 3.09. The van der Waals surface area contributed by atoms with Gasteiger partial charge < -0.3 is 9.80 Å². The lowest BCUT2D eigenvalue weighted by molar-refractivity contribution is -0.135. The van der Waals surface area contributed by atoms with Crippen LogP contribution >= 0.6 is 0 Å². The van der Waals surface area contributed by atoms with E-state index >= 15 is 0 Å². The lowest BCUT2D eigenvalue weighted by atomic mass is 9.96. The average molecular weight is 313 g/mol. The predicted octanol–water partition coefficient (Wildman–Crippen LogP) is 2.09. The maximum atomic E-state index is 12.5. The molecule has 6 nitrogen and oxygen atoms in total. The molecule has 1 atom stereocenters. The summed E-state index contributed by atoms with van der Waals surface area (Å²) in [6.07, 6.45) is 8.72. The molecule has 0 aliphatic carbocycles. The van der Waals surface area contributed by atoms with Crippen molar-refractivity contribution in [1.29, 1.82) is 0 Å². The number of likely N-dealkylation sites (tertiary alicyclic amines) is 1. The van der Waals surface area contributed by atoms with Crippen molar-refractivity contribution < 1.29 is 4.79 Å². The number of nitrogens with zero attached hydrogens (tertiary/aromatic N) is 4. The van der Waals surface area contributed by atoms with Crippen molar-refractivity contribution in [2.24, 2.45) is 0 Å². The summed E-state index contributed by atoms with van der Waals surface area (Å²) in [6, 6.07) is 4.23. The first-order valence-electron chi connectivity index (χ1n) is 8.04. The van der Waals surface area contributed by atoms with E-state index in [9.17, 15) is 4.79 Å². The monoisotopic (exact) mass is 313 g/mol. The van der Waals surface area contributed by atoms with Gasteiger partial charge in [-0.3, -0.25) is 14.9 Å². The number of pyridine rings is 1. The number of H-pyrrole nitrogens is 1. The maximum Gasteiger partial charge on any atom is 0.237 e. The Kier molecular flexibility index (Phi) is 4.71. The van der Waals surface area contributed by atoms with Crippen LogP contribution in [0.4, 0.5) is 0 Å².